The summed E-state index contributed by atoms with van der Waals surface area (Å²) in [7, 11) is 1.62. The lowest BCUT2D eigenvalue weighted by atomic mass is 10.1. The first kappa shape index (κ1) is 16.7. The summed E-state index contributed by atoms with van der Waals surface area (Å²) in [6, 6.07) is 17.7. The van der Waals surface area contributed by atoms with Gasteiger partial charge in [0.15, 0.2) is 5.69 Å². The molecule has 0 radical (unpaired) electrons. The third-order valence-corrected chi connectivity index (χ3v) is 4.88. The molecule has 4 aromatic rings. The molecule has 0 aliphatic carbocycles. The van der Waals surface area contributed by atoms with E-state index in [1.54, 1.807) is 13.4 Å². The van der Waals surface area contributed by atoms with Gasteiger partial charge in [0, 0.05) is 0 Å². The molecule has 28 heavy (non-hydrogen) atoms. The molecule has 0 unspecified atom stereocenters. The van der Waals surface area contributed by atoms with E-state index in [0.29, 0.717) is 36.3 Å². The minimum absolute atomic E-state index is 0.00239. The van der Waals surface area contributed by atoms with Crippen LogP contribution in [-0.4, -0.2) is 26.8 Å². The number of hydrogen-bond acceptors (Lipinski definition) is 6. The lowest BCUT2D eigenvalue weighted by molar-refractivity contribution is 0.00330. The fraction of sp³-hybridized carbons (Fsp3) is 0.190. The number of ether oxygens (including phenoxy) is 2. The molecule has 1 aliphatic heterocycles. The third kappa shape index (κ3) is 2.86. The fourth-order valence-electron chi connectivity index (χ4n) is 3.43. The molecule has 1 atom stereocenters. The largest absolute Gasteiger partial charge is 0.496 e. The molecule has 0 N–H and O–H groups in total. The third-order valence-electron chi connectivity index (χ3n) is 4.88. The van der Waals surface area contributed by atoms with Gasteiger partial charge in [0.1, 0.15) is 11.9 Å². The Labute approximate surface area is 161 Å². The number of rotatable bonds is 4. The first-order chi connectivity index (χ1) is 13.8. The predicted octanol–water partition coefficient (Wildman–Crippen LogP) is 3.88. The minimum Gasteiger partial charge on any atom is -0.496 e. The Morgan fingerprint density at radius 3 is 2.75 bits per heavy atom. The van der Waals surface area contributed by atoms with E-state index >= 15 is 0 Å². The molecule has 0 bridgehead atoms. The predicted molar refractivity (Wildman–Crippen MR) is 101 cm³/mol. The van der Waals surface area contributed by atoms with Gasteiger partial charge >= 0.3 is 0 Å². The summed E-state index contributed by atoms with van der Waals surface area (Å²) in [5.74, 6) is 1.53. The number of benzene rings is 2. The van der Waals surface area contributed by atoms with Gasteiger partial charge in [-0.05, 0) is 17.7 Å². The van der Waals surface area contributed by atoms with Crippen molar-refractivity contribution in [3.63, 3.8) is 0 Å². The molecule has 2 aromatic heterocycles. The average molecular weight is 374 g/mol. The molecule has 5 rings (SSSR count). The first-order valence-electron chi connectivity index (χ1n) is 9.01. The lowest BCUT2D eigenvalue weighted by Gasteiger charge is -2.25. The van der Waals surface area contributed by atoms with E-state index in [9.17, 15) is 0 Å². The van der Waals surface area contributed by atoms with Crippen molar-refractivity contribution in [1.29, 1.82) is 0 Å². The van der Waals surface area contributed by atoms with Gasteiger partial charge in [-0.15, -0.1) is 0 Å². The van der Waals surface area contributed by atoms with E-state index in [0.717, 1.165) is 16.8 Å². The van der Waals surface area contributed by atoms with Crippen LogP contribution in [0, 0.1) is 0 Å². The van der Waals surface area contributed by atoms with Crippen molar-refractivity contribution in [2.24, 2.45) is 0 Å². The summed E-state index contributed by atoms with van der Waals surface area (Å²) in [6.07, 6.45) is 1.80. The van der Waals surface area contributed by atoms with Gasteiger partial charge in [-0.25, -0.2) is 4.98 Å². The maximum atomic E-state index is 6.07. The van der Waals surface area contributed by atoms with Crippen molar-refractivity contribution in [1.82, 2.24) is 19.7 Å². The van der Waals surface area contributed by atoms with Gasteiger partial charge in [-0.3, -0.25) is 0 Å². The number of aromatic nitrogens is 4. The second kappa shape index (κ2) is 6.94. The van der Waals surface area contributed by atoms with Crippen molar-refractivity contribution in [3.8, 4) is 28.7 Å². The van der Waals surface area contributed by atoms with Crippen LogP contribution < -0.4 is 4.74 Å². The van der Waals surface area contributed by atoms with Crippen LogP contribution in [0.3, 0.4) is 0 Å². The number of fused-ring (bicyclic) bond motifs is 1. The SMILES string of the molecule is COc1ccccc1-c1noc(-c2ncn3c2CO[C@@H](c2ccccc2)C3)n1. The maximum Gasteiger partial charge on any atom is 0.278 e. The normalized spacial score (nSPS) is 16.0. The van der Waals surface area contributed by atoms with Crippen LogP contribution in [0.4, 0.5) is 0 Å². The van der Waals surface area contributed by atoms with Crippen LogP contribution in [0.5, 0.6) is 5.75 Å². The zero-order valence-corrected chi connectivity index (χ0v) is 15.3. The van der Waals surface area contributed by atoms with Gasteiger partial charge in [-0.2, -0.15) is 4.98 Å². The van der Waals surface area contributed by atoms with Gasteiger partial charge in [0.25, 0.3) is 5.89 Å². The second-order valence-corrected chi connectivity index (χ2v) is 6.53. The quantitative estimate of drug-likeness (QED) is 0.540. The van der Waals surface area contributed by atoms with E-state index in [4.69, 9.17) is 14.0 Å². The smallest absolute Gasteiger partial charge is 0.278 e. The highest BCUT2D eigenvalue weighted by atomic mass is 16.5. The summed E-state index contributed by atoms with van der Waals surface area (Å²) in [4.78, 5) is 9.03. The summed E-state index contributed by atoms with van der Waals surface area (Å²) in [5.41, 5.74) is 3.51. The minimum atomic E-state index is 0.00239. The lowest BCUT2D eigenvalue weighted by Crippen LogP contribution is -2.20. The monoisotopic (exact) mass is 374 g/mol. The van der Waals surface area contributed by atoms with E-state index < -0.39 is 0 Å². The highest BCUT2D eigenvalue weighted by Crippen LogP contribution is 2.33. The molecule has 7 heteroatoms. The van der Waals surface area contributed by atoms with E-state index in [1.807, 2.05) is 42.5 Å². The molecule has 2 aromatic carbocycles. The van der Waals surface area contributed by atoms with Crippen molar-refractivity contribution >= 4 is 0 Å². The van der Waals surface area contributed by atoms with E-state index in [2.05, 4.69) is 31.8 Å². The van der Waals surface area contributed by atoms with Crippen LogP contribution in [0.1, 0.15) is 17.4 Å². The average Bonchev–Trinajstić information content (AvgIpc) is 3.41. The molecule has 3 heterocycles. The molecule has 1 aliphatic rings. The van der Waals surface area contributed by atoms with Crippen molar-refractivity contribution < 1.29 is 14.0 Å². The van der Waals surface area contributed by atoms with Crippen molar-refractivity contribution in [2.75, 3.05) is 7.11 Å². The molecular weight excluding hydrogens is 356 g/mol. The number of hydrogen-bond donors (Lipinski definition) is 0. The van der Waals surface area contributed by atoms with Crippen LogP contribution >= 0.6 is 0 Å². The maximum absolute atomic E-state index is 6.07. The molecule has 0 spiro atoms. The molecule has 7 nitrogen and oxygen atoms in total. The fourth-order valence-corrected chi connectivity index (χ4v) is 3.43. The highest BCUT2D eigenvalue weighted by Gasteiger charge is 2.26. The van der Waals surface area contributed by atoms with Crippen LogP contribution in [0.25, 0.3) is 23.0 Å². The van der Waals surface area contributed by atoms with Gasteiger partial charge in [0.2, 0.25) is 5.82 Å². The Morgan fingerprint density at radius 2 is 1.89 bits per heavy atom. The number of para-hydroxylation sites is 1. The Hall–Kier alpha value is -3.45. The highest BCUT2D eigenvalue weighted by molar-refractivity contribution is 5.65. The molecule has 0 fully saturated rings. The summed E-state index contributed by atoms with van der Waals surface area (Å²) >= 11 is 0. The first-order valence-corrected chi connectivity index (χ1v) is 9.01. The number of nitrogens with zero attached hydrogens (tertiary/aromatic N) is 4. The Bertz CT molecular complexity index is 1100. The topological polar surface area (TPSA) is 75.2 Å². The van der Waals surface area contributed by atoms with Gasteiger partial charge in [-0.1, -0.05) is 47.6 Å². The Morgan fingerprint density at radius 1 is 1.07 bits per heavy atom. The van der Waals surface area contributed by atoms with Gasteiger partial charge < -0.3 is 18.6 Å². The Balaban J connectivity index is 1.44. The Kier molecular flexibility index (Phi) is 4.14. The zero-order chi connectivity index (χ0) is 18.9. The molecule has 0 saturated carbocycles. The standard InChI is InChI=1S/C21H18N4O3/c1-26-17-10-6-5-9-15(17)20-23-21(28-24-20)19-16-12-27-18(11-25(16)13-22-19)14-7-3-2-4-8-14/h2-10,13,18H,11-12H2,1H3/t18-/m1/s1. The molecule has 0 amide bonds. The number of imidazole rings is 1. The van der Waals surface area contributed by atoms with Crippen LogP contribution in [0.2, 0.25) is 0 Å². The van der Waals surface area contributed by atoms with Gasteiger partial charge in [0.05, 0.1) is 37.8 Å². The zero-order valence-electron chi connectivity index (χ0n) is 15.3. The van der Waals surface area contributed by atoms with Crippen molar-refractivity contribution in [2.45, 2.75) is 19.3 Å². The molecular formula is C21H18N4O3. The second-order valence-electron chi connectivity index (χ2n) is 6.53. The van der Waals surface area contributed by atoms with Crippen LogP contribution in [0.15, 0.2) is 65.4 Å². The van der Waals surface area contributed by atoms with E-state index in [-0.39, 0.29) is 6.10 Å². The molecule has 140 valence electrons. The number of methoxy groups -OCH3 is 1. The van der Waals surface area contributed by atoms with E-state index in [1.165, 1.54) is 0 Å². The molecule has 0 saturated heterocycles. The van der Waals surface area contributed by atoms with Crippen molar-refractivity contribution in [3.05, 3.63) is 72.2 Å². The summed E-state index contributed by atoms with van der Waals surface area (Å²) < 4.78 is 19.0. The summed E-state index contributed by atoms with van der Waals surface area (Å²) in [6.45, 7) is 1.13. The summed E-state index contributed by atoms with van der Waals surface area (Å²) in [5, 5.41) is 4.11. The van der Waals surface area contributed by atoms with Crippen LogP contribution in [-0.2, 0) is 17.9 Å².